The van der Waals surface area contributed by atoms with Gasteiger partial charge in [-0.3, -0.25) is 19.3 Å². The Kier molecular flexibility index (Phi) is 6.11. The number of hydrogen-bond acceptors (Lipinski definition) is 5. The van der Waals surface area contributed by atoms with E-state index in [1.165, 1.54) is 19.2 Å². The molecule has 1 aromatic carbocycles. The van der Waals surface area contributed by atoms with Gasteiger partial charge in [-0.05, 0) is 24.3 Å². The van der Waals surface area contributed by atoms with E-state index in [0.29, 0.717) is 31.9 Å². The first-order chi connectivity index (χ1) is 13.7. The normalized spacial score (nSPS) is 19.1. The van der Waals surface area contributed by atoms with Crippen molar-refractivity contribution in [2.24, 2.45) is 0 Å². The van der Waals surface area contributed by atoms with Crippen LogP contribution in [0, 0.1) is 0 Å². The third-order valence-electron chi connectivity index (χ3n) is 5.16. The Balaban J connectivity index is 1.63. The van der Waals surface area contributed by atoms with E-state index in [-0.39, 0.29) is 37.2 Å². The van der Waals surface area contributed by atoms with Crippen molar-refractivity contribution in [3.8, 4) is 0 Å². The Labute approximate surface area is 166 Å². The number of ether oxygens (including phenoxy) is 1. The maximum Gasteiger partial charge on any atom is 0.416 e. The number of benzene rings is 1. The Hall–Kier alpha value is -2.62. The molecule has 29 heavy (non-hydrogen) atoms. The number of alkyl halides is 3. The lowest BCUT2D eigenvalue weighted by Crippen LogP contribution is -2.57. The summed E-state index contributed by atoms with van der Waals surface area (Å²) in [7, 11) is 1.40. The second kappa shape index (κ2) is 8.40. The van der Waals surface area contributed by atoms with Crippen molar-refractivity contribution in [2.75, 3.05) is 44.8 Å². The number of piperazine rings is 1. The van der Waals surface area contributed by atoms with Gasteiger partial charge in [-0.1, -0.05) is 0 Å². The van der Waals surface area contributed by atoms with Crippen LogP contribution in [0.2, 0.25) is 0 Å². The van der Waals surface area contributed by atoms with Crippen molar-refractivity contribution < 1.29 is 32.3 Å². The fourth-order valence-electron chi connectivity index (χ4n) is 3.61. The van der Waals surface area contributed by atoms with Gasteiger partial charge in [0.2, 0.25) is 17.7 Å². The molecule has 0 spiro atoms. The molecule has 0 radical (unpaired) electrons. The zero-order chi connectivity index (χ0) is 21.2. The quantitative estimate of drug-likeness (QED) is 0.685. The van der Waals surface area contributed by atoms with Crippen LogP contribution >= 0.6 is 0 Å². The highest BCUT2D eigenvalue weighted by Gasteiger charge is 2.41. The number of hydrogen-bond donors (Lipinski definition) is 0. The summed E-state index contributed by atoms with van der Waals surface area (Å²) in [6.07, 6.45) is -4.20. The fourth-order valence-corrected chi connectivity index (χ4v) is 3.61. The number of anilines is 1. The van der Waals surface area contributed by atoms with Gasteiger partial charge in [-0.25, -0.2) is 0 Å². The maximum absolute atomic E-state index is 12.9. The van der Waals surface area contributed by atoms with Crippen molar-refractivity contribution in [1.82, 2.24) is 9.80 Å². The summed E-state index contributed by atoms with van der Waals surface area (Å²) in [6.45, 7) is 1.44. The van der Waals surface area contributed by atoms with Gasteiger partial charge in [0.25, 0.3) is 0 Å². The van der Waals surface area contributed by atoms with Gasteiger partial charge in [-0.15, -0.1) is 0 Å². The lowest BCUT2D eigenvalue weighted by Gasteiger charge is -2.38. The molecule has 0 bridgehead atoms. The molecular weight excluding hydrogens is 391 g/mol. The topological polar surface area (TPSA) is 70.2 Å². The van der Waals surface area contributed by atoms with Crippen LogP contribution in [0.5, 0.6) is 0 Å². The molecule has 2 aliphatic heterocycles. The Morgan fingerprint density at radius 3 is 2.07 bits per heavy atom. The highest BCUT2D eigenvalue weighted by Crippen LogP contribution is 2.30. The van der Waals surface area contributed by atoms with Crippen LogP contribution in [-0.4, -0.2) is 73.5 Å². The minimum Gasteiger partial charge on any atom is -0.382 e. The first kappa shape index (κ1) is 21.1. The van der Waals surface area contributed by atoms with Gasteiger partial charge < -0.3 is 14.5 Å². The lowest BCUT2D eigenvalue weighted by molar-refractivity contribution is -0.152. The van der Waals surface area contributed by atoms with Gasteiger partial charge >= 0.3 is 6.18 Å². The maximum atomic E-state index is 12.9. The van der Waals surface area contributed by atoms with Crippen molar-refractivity contribution in [2.45, 2.75) is 25.1 Å². The van der Waals surface area contributed by atoms with E-state index in [1.807, 2.05) is 4.90 Å². The van der Waals surface area contributed by atoms with Crippen LogP contribution in [0.1, 0.15) is 18.4 Å². The molecule has 0 N–H and O–H groups in total. The summed E-state index contributed by atoms with van der Waals surface area (Å²) in [6, 6.07) is 3.91. The monoisotopic (exact) mass is 413 g/mol. The van der Waals surface area contributed by atoms with E-state index in [9.17, 15) is 27.6 Å². The van der Waals surface area contributed by atoms with E-state index in [2.05, 4.69) is 0 Å². The second-order valence-corrected chi connectivity index (χ2v) is 6.99. The van der Waals surface area contributed by atoms with Crippen molar-refractivity contribution in [1.29, 1.82) is 0 Å². The molecule has 1 aromatic rings. The first-order valence-electron chi connectivity index (χ1n) is 9.27. The Bertz CT molecular complexity index is 758. The second-order valence-electron chi connectivity index (χ2n) is 6.99. The molecule has 0 aromatic heterocycles. The first-order valence-corrected chi connectivity index (χ1v) is 9.27. The predicted molar refractivity (Wildman–Crippen MR) is 97.0 cm³/mol. The minimum atomic E-state index is -4.38. The molecule has 2 aliphatic rings. The number of imide groups is 1. The smallest absolute Gasteiger partial charge is 0.382 e. The number of amides is 3. The molecule has 7 nitrogen and oxygen atoms in total. The third-order valence-corrected chi connectivity index (χ3v) is 5.16. The van der Waals surface area contributed by atoms with Crippen LogP contribution < -0.4 is 4.90 Å². The third kappa shape index (κ3) is 4.52. The van der Waals surface area contributed by atoms with Crippen LogP contribution in [0.4, 0.5) is 18.9 Å². The van der Waals surface area contributed by atoms with Crippen LogP contribution in [0.25, 0.3) is 0 Å². The number of carbonyl (C=O) groups excluding carboxylic acids is 3. The van der Waals surface area contributed by atoms with Crippen LogP contribution in [0.3, 0.4) is 0 Å². The van der Waals surface area contributed by atoms with E-state index in [1.54, 1.807) is 4.90 Å². The van der Waals surface area contributed by atoms with Gasteiger partial charge in [0.15, 0.2) is 0 Å². The molecule has 2 heterocycles. The molecule has 1 unspecified atom stereocenters. The molecule has 1 atom stereocenters. The number of methoxy groups -OCH3 is 1. The van der Waals surface area contributed by atoms with E-state index in [4.69, 9.17) is 4.74 Å². The average molecular weight is 413 g/mol. The zero-order valence-corrected chi connectivity index (χ0v) is 15.9. The molecule has 10 heteroatoms. The molecule has 2 saturated heterocycles. The average Bonchev–Trinajstić information content (AvgIpc) is 3.03. The SMILES string of the molecule is COCC(C(=O)N1CCN(c2ccc(C(F)(F)F)cc2)CC1)N1C(=O)CCC1=O. The molecule has 3 amide bonds. The molecular formula is C19H22F3N3O4. The van der Waals surface area contributed by atoms with E-state index >= 15 is 0 Å². The van der Waals surface area contributed by atoms with Gasteiger partial charge in [-0.2, -0.15) is 13.2 Å². The van der Waals surface area contributed by atoms with Gasteiger partial charge in [0.05, 0.1) is 12.2 Å². The summed E-state index contributed by atoms with van der Waals surface area (Å²) in [5.74, 6) is -1.12. The minimum absolute atomic E-state index is 0.0740. The number of rotatable bonds is 5. The summed E-state index contributed by atoms with van der Waals surface area (Å²) in [5.41, 5.74) is -0.0687. The highest BCUT2D eigenvalue weighted by atomic mass is 19.4. The molecule has 0 aliphatic carbocycles. The number of likely N-dealkylation sites (tertiary alicyclic amines) is 1. The molecule has 2 fully saturated rings. The fraction of sp³-hybridized carbons (Fsp3) is 0.526. The molecule has 3 rings (SSSR count). The Morgan fingerprint density at radius 1 is 1.03 bits per heavy atom. The van der Waals surface area contributed by atoms with Gasteiger partial charge in [0, 0.05) is 51.8 Å². The van der Waals surface area contributed by atoms with Crippen LogP contribution in [-0.2, 0) is 25.3 Å². The highest BCUT2D eigenvalue weighted by molar-refractivity contribution is 6.05. The summed E-state index contributed by atoms with van der Waals surface area (Å²) in [5, 5.41) is 0. The van der Waals surface area contributed by atoms with Crippen LogP contribution in [0.15, 0.2) is 24.3 Å². The zero-order valence-electron chi connectivity index (χ0n) is 15.9. The van der Waals surface area contributed by atoms with Crippen molar-refractivity contribution in [3.63, 3.8) is 0 Å². The van der Waals surface area contributed by atoms with Gasteiger partial charge in [0.1, 0.15) is 6.04 Å². The number of halogens is 3. The summed E-state index contributed by atoms with van der Waals surface area (Å²) >= 11 is 0. The van der Waals surface area contributed by atoms with E-state index < -0.39 is 17.8 Å². The summed E-state index contributed by atoms with van der Waals surface area (Å²) < 4.78 is 43.2. The van der Waals surface area contributed by atoms with Crippen molar-refractivity contribution in [3.05, 3.63) is 29.8 Å². The number of carbonyl (C=O) groups is 3. The molecule has 158 valence electrons. The van der Waals surface area contributed by atoms with E-state index in [0.717, 1.165) is 17.0 Å². The molecule has 0 saturated carbocycles. The number of nitrogens with zero attached hydrogens (tertiary/aromatic N) is 3. The predicted octanol–water partition coefficient (Wildman–Crippen LogP) is 1.52. The Morgan fingerprint density at radius 2 is 1.59 bits per heavy atom. The largest absolute Gasteiger partial charge is 0.416 e. The standard InChI is InChI=1S/C19H22F3N3O4/c1-29-12-15(25-16(26)6-7-17(25)27)18(28)24-10-8-23(9-11-24)14-4-2-13(3-5-14)19(20,21)22/h2-5,15H,6-12H2,1H3. The van der Waals surface area contributed by atoms with Crippen molar-refractivity contribution >= 4 is 23.4 Å². The summed E-state index contributed by atoms with van der Waals surface area (Å²) in [4.78, 5) is 41.4. The lowest BCUT2D eigenvalue weighted by atomic mass is 10.1.